The summed E-state index contributed by atoms with van der Waals surface area (Å²) in [5, 5.41) is 0. The molecule has 0 radical (unpaired) electrons. The van der Waals surface area contributed by atoms with Crippen molar-refractivity contribution in [1.29, 1.82) is 0 Å². The Morgan fingerprint density at radius 3 is 1.61 bits per heavy atom. The zero-order chi connectivity index (χ0) is 14.0. The van der Waals surface area contributed by atoms with E-state index in [0.717, 1.165) is 0 Å². The summed E-state index contributed by atoms with van der Waals surface area (Å²) in [7, 11) is 4.09. The van der Waals surface area contributed by atoms with Crippen LogP contribution in [0.2, 0.25) is 0 Å². The van der Waals surface area contributed by atoms with Gasteiger partial charge in [0.25, 0.3) is 6.02 Å². The van der Waals surface area contributed by atoms with E-state index in [1.807, 2.05) is 0 Å². The van der Waals surface area contributed by atoms with E-state index in [9.17, 15) is 22.0 Å². The highest BCUT2D eigenvalue weighted by atomic mass is 19.2. The lowest BCUT2D eigenvalue weighted by Gasteiger charge is -2.16. The van der Waals surface area contributed by atoms with Gasteiger partial charge in [0, 0.05) is 21.1 Å². The Bertz CT molecular complexity index is 473. The van der Waals surface area contributed by atoms with Crippen molar-refractivity contribution in [3.8, 4) is 5.75 Å². The molecule has 8 heteroatoms. The summed E-state index contributed by atoms with van der Waals surface area (Å²) in [6.45, 7) is 0. The number of rotatable bonds is 1. The minimum atomic E-state index is -2.24. The largest absolute Gasteiger partial charge is 0.419 e. The second kappa shape index (κ2) is 5.19. The number of hydrogen-bond acceptors (Lipinski definition) is 2. The lowest BCUT2D eigenvalue weighted by atomic mass is 10.2. The number of ether oxygens (including phenoxy) is 1. The van der Waals surface area contributed by atoms with Crippen LogP contribution >= 0.6 is 0 Å². The third kappa shape index (κ3) is 2.36. The second-order valence-electron chi connectivity index (χ2n) is 3.40. The molecule has 100 valence electrons. The fourth-order valence-electron chi connectivity index (χ4n) is 1.10. The van der Waals surface area contributed by atoms with Crippen LogP contribution in [0, 0.1) is 29.1 Å². The molecule has 0 atom stereocenters. The quantitative estimate of drug-likeness (QED) is 0.257. The highest BCUT2D eigenvalue weighted by Gasteiger charge is 2.28. The molecule has 0 saturated carbocycles. The number of benzene rings is 1. The molecular formula is C10H9F5N2O. The van der Waals surface area contributed by atoms with Crippen LogP contribution in [-0.4, -0.2) is 32.1 Å². The summed E-state index contributed by atoms with van der Waals surface area (Å²) in [5.41, 5.74) is 0. The van der Waals surface area contributed by atoms with E-state index in [2.05, 4.69) is 9.73 Å². The van der Waals surface area contributed by atoms with Crippen LogP contribution in [0.4, 0.5) is 22.0 Å². The Hall–Kier alpha value is -1.86. The standard InChI is InChI=1S/C10H9F5N2O/c1-16-10(17(2)3)18-9-7(14)5(12)4(11)6(13)8(9)15/h1-3H3. The maximum Gasteiger partial charge on any atom is 0.292 e. The first kappa shape index (κ1) is 14.2. The van der Waals surface area contributed by atoms with E-state index >= 15 is 0 Å². The minimum Gasteiger partial charge on any atom is -0.419 e. The molecule has 0 aliphatic rings. The molecule has 0 heterocycles. The molecule has 1 rings (SSSR count). The van der Waals surface area contributed by atoms with Crippen molar-refractivity contribution in [2.24, 2.45) is 4.99 Å². The summed E-state index contributed by atoms with van der Waals surface area (Å²) in [4.78, 5) is 4.70. The van der Waals surface area contributed by atoms with Crippen LogP contribution in [0.3, 0.4) is 0 Å². The van der Waals surface area contributed by atoms with E-state index in [0.29, 0.717) is 0 Å². The predicted molar refractivity (Wildman–Crippen MR) is 53.9 cm³/mol. The van der Waals surface area contributed by atoms with Gasteiger partial charge < -0.3 is 9.64 Å². The third-order valence-electron chi connectivity index (χ3n) is 1.94. The summed E-state index contributed by atoms with van der Waals surface area (Å²) < 4.78 is 69.5. The fraction of sp³-hybridized carbons (Fsp3) is 0.300. The van der Waals surface area contributed by atoms with Gasteiger partial charge in [-0.3, -0.25) is 0 Å². The smallest absolute Gasteiger partial charge is 0.292 e. The van der Waals surface area contributed by atoms with Crippen molar-refractivity contribution in [2.45, 2.75) is 0 Å². The van der Waals surface area contributed by atoms with Gasteiger partial charge in [0.1, 0.15) is 0 Å². The zero-order valence-electron chi connectivity index (χ0n) is 9.69. The topological polar surface area (TPSA) is 24.8 Å². The average Bonchev–Trinajstić information content (AvgIpc) is 2.34. The molecule has 0 fully saturated rings. The average molecular weight is 268 g/mol. The molecule has 3 nitrogen and oxygen atoms in total. The van der Waals surface area contributed by atoms with E-state index in [-0.39, 0.29) is 6.02 Å². The number of nitrogens with zero attached hydrogens (tertiary/aromatic N) is 2. The Labute approximate surface area is 99.5 Å². The van der Waals surface area contributed by atoms with Gasteiger partial charge in [-0.1, -0.05) is 0 Å². The maximum atomic E-state index is 13.2. The number of aliphatic imine (C=N–C) groups is 1. The number of halogens is 5. The van der Waals surface area contributed by atoms with Crippen molar-refractivity contribution in [3.63, 3.8) is 0 Å². The van der Waals surface area contributed by atoms with E-state index in [1.165, 1.54) is 26.0 Å². The van der Waals surface area contributed by atoms with Gasteiger partial charge in [0.2, 0.25) is 34.8 Å². The van der Waals surface area contributed by atoms with Gasteiger partial charge >= 0.3 is 0 Å². The Balaban J connectivity index is 3.34. The van der Waals surface area contributed by atoms with Crippen molar-refractivity contribution < 1.29 is 26.7 Å². The van der Waals surface area contributed by atoms with Gasteiger partial charge in [0.05, 0.1) is 0 Å². The fourth-order valence-corrected chi connectivity index (χ4v) is 1.10. The minimum absolute atomic E-state index is 0.307. The highest BCUT2D eigenvalue weighted by molar-refractivity contribution is 5.75. The van der Waals surface area contributed by atoms with Gasteiger partial charge in [0.15, 0.2) is 0 Å². The SMILES string of the molecule is CN=C(Oc1c(F)c(F)c(F)c(F)c1F)N(C)C. The molecule has 1 aromatic carbocycles. The molecule has 0 spiro atoms. The summed E-state index contributed by atoms with van der Waals surface area (Å²) in [6, 6.07) is -0.307. The van der Waals surface area contributed by atoms with Crippen LogP contribution < -0.4 is 4.74 Å². The molecule has 0 aliphatic carbocycles. The molecule has 0 amide bonds. The van der Waals surface area contributed by atoms with E-state index in [1.54, 1.807) is 0 Å². The summed E-state index contributed by atoms with van der Waals surface area (Å²) in [6.07, 6.45) is 0. The van der Waals surface area contributed by atoms with Crippen LogP contribution in [0.5, 0.6) is 5.75 Å². The first-order chi connectivity index (χ1) is 8.31. The van der Waals surface area contributed by atoms with Crippen LogP contribution in [0.25, 0.3) is 0 Å². The van der Waals surface area contributed by atoms with Gasteiger partial charge in [-0.25, -0.2) is 18.2 Å². The lowest BCUT2D eigenvalue weighted by Crippen LogP contribution is -2.28. The van der Waals surface area contributed by atoms with E-state index in [4.69, 9.17) is 0 Å². The monoisotopic (exact) mass is 268 g/mol. The first-order valence-electron chi connectivity index (χ1n) is 4.64. The van der Waals surface area contributed by atoms with E-state index < -0.39 is 34.8 Å². The molecule has 0 aromatic heterocycles. The molecule has 0 aliphatic heterocycles. The second-order valence-corrected chi connectivity index (χ2v) is 3.40. The molecule has 0 saturated heterocycles. The van der Waals surface area contributed by atoms with Crippen molar-refractivity contribution in [2.75, 3.05) is 21.1 Å². The highest BCUT2D eigenvalue weighted by Crippen LogP contribution is 2.29. The number of amidine groups is 1. The van der Waals surface area contributed by atoms with Gasteiger partial charge in [-0.2, -0.15) is 8.78 Å². The maximum absolute atomic E-state index is 13.2. The molecule has 0 N–H and O–H groups in total. The lowest BCUT2D eigenvalue weighted by molar-refractivity contribution is 0.329. The third-order valence-corrected chi connectivity index (χ3v) is 1.94. The van der Waals surface area contributed by atoms with Crippen molar-refractivity contribution in [1.82, 2.24) is 4.90 Å². The first-order valence-corrected chi connectivity index (χ1v) is 4.64. The Morgan fingerprint density at radius 2 is 1.28 bits per heavy atom. The molecular weight excluding hydrogens is 259 g/mol. The van der Waals surface area contributed by atoms with Gasteiger partial charge in [-0.05, 0) is 0 Å². The summed E-state index contributed by atoms with van der Waals surface area (Å²) in [5.74, 6) is -11.9. The van der Waals surface area contributed by atoms with Crippen LogP contribution in [0.15, 0.2) is 4.99 Å². The van der Waals surface area contributed by atoms with Crippen LogP contribution in [0.1, 0.15) is 0 Å². The van der Waals surface area contributed by atoms with Crippen molar-refractivity contribution in [3.05, 3.63) is 29.1 Å². The molecule has 0 bridgehead atoms. The van der Waals surface area contributed by atoms with Crippen molar-refractivity contribution >= 4 is 6.02 Å². The number of hydrogen-bond donors (Lipinski definition) is 0. The molecule has 0 unspecified atom stereocenters. The van der Waals surface area contributed by atoms with Gasteiger partial charge in [-0.15, -0.1) is 0 Å². The summed E-state index contributed by atoms with van der Waals surface area (Å²) >= 11 is 0. The Kier molecular flexibility index (Phi) is 4.10. The predicted octanol–water partition coefficient (Wildman–Crippen LogP) is 2.31. The normalized spacial score (nSPS) is 11.7. The Morgan fingerprint density at radius 1 is 0.889 bits per heavy atom. The molecule has 1 aromatic rings. The van der Waals surface area contributed by atoms with Crippen LogP contribution in [-0.2, 0) is 0 Å². The molecule has 18 heavy (non-hydrogen) atoms. The zero-order valence-corrected chi connectivity index (χ0v) is 9.69.